The lowest BCUT2D eigenvalue weighted by Crippen LogP contribution is -2.50. The molecule has 1 aliphatic heterocycles. The van der Waals surface area contributed by atoms with Gasteiger partial charge in [-0.1, -0.05) is 93.4 Å². The molecule has 0 amide bonds. The molecule has 5 heteroatoms. The zero-order chi connectivity index (χ0) is 28.3. The number of thioether (sulfide) groups is 1. The molecule has 2 N–H and O–H groups in total. The standard InChI is InChI=1S/C22H48N4S.C8H16.C2H6/c1-9-21(27-15-22(5,6)7)20(4)24-16-23-17-25(8)14-19(3)26-13-11-10-12-18(26)2;1-2-8-6-4-3-5-7-8;1-2/h18-21,23-24H,9-17H2,1-8H3;8H,2-7H2,1H3;1-2H3. The second kappa shape index (κ2) is 21.9. The number of likely N-dealkylation sites (N-methyl/N-ethyl adjacent to an activating group) is 1. The molecule has 0 radical (unpaired) electrons. The van der Waals surface area contributed by atoms with Crippen molar-refractivity contribution in [2.45, 2.75) is 157 Å². The second-order valence-corrected chi connectivity index (χ2v) is 14.0. The highest BCUT2D eigenvalue weighted by atomic mass is 32.2. The van der Waals surface area contributed by atoms with Crippen molar-refractivity contribution in [3.05, 3.63) is 0 Å². The smallest absolute Gasteiger partial charge is 0.0488 e. The van der Waals surface area contributed by atoms with Gasteiger partial charge in [0.25, 0.3) is 0 Å². The minimum atomic E-state index is 0.404. The summed E-state index contributed by atoms with van der Waals surface area (Å²) in [6.45, 7) is 26.9. The van der Waals surface area contributed by atoms with Gasteiger partial charge in [-0.05, 0) is 70.7 Å². The molecule has 4 atom stereocenters. The summed E-state index contributed by atoms with van der Waals surface area (Å²) < 4.78 is 0. The Bertz CT molecular complexity index is 504. The number of piperidine rings is 1. The average Bonchev–Trinajstić information content (AvgIpc) is 2.88. The van der Waals surface area contributed by atoms with Crippen LogP contribution >= 0.6 is 11.8 Å². The van der Waals surface area contributed by atoms with Crippen molar-refractivity contribution in [2.24, 2.45) is 11.3 Å². The molecule has 1 aliphatic carbocycles. The number of hydrogen-bond donors (Lipinski definition) is 2. The summed E-state index contributed by atoms with van der Waals surface area (Å²) >= 11 is 2.12. The number of likely N-dealkylation sites (tertiary alicyclic amines) is 1. The van der Waals surface area contributed by atoms with Crippen molar-refractivity contribution >= 4 is 11.8 Å². The highest BCUT2D eigenvalue weighted by Gasteiger charge is 2.24. The van der Waals surface area contributed by atoms with Gasteiger partial charge in [0.2, 0.25) is 0 Å². The molecular formula is C32H70N4S. The maximum absolute atomic E-state index is 3.68. The molecule has 1 heterocycles. The summed E-state index contributed by atoms with van der Waals surface area (Å²) in [4.78, 5) is 5.11. The van der Waals surface area contributed by atoms with Gasteiger partial charge in [-0.3, -0.25) is 15.1 Å². The first kappa shape index (κ1) is 37.2. The molecule has 0 bridgehead atoms. The summed E-state index contributed by atoms with van der Waals surface area (Å²) in [6.07, 6.45) is 14.3. The Balaban J connectivity index is 0.00000108. The van der Waals surface area contributed by atoms with Crippen LogP contribution in [0.4, 0.5) is 0 Å². The Labute approximate surface area is 239 Å². The van der Waals surface area contributed by atoms with Crippen LogP contribution in [0.25, 0.3) is 0 Å². The molecule has 0 aromatic rings. The number of nitrogens with zero attached hydrogens (tertiary/aromatic N) is 2. The van der Waals surface area contributed by atoms with Crippen molar-refractivity contribution in [1.29, 1.82) is 0 Å². The highest BCUT2D eigenvalue weighted by molar-refractivity contribution is 8.00. The Morgan fingerprint density at radius 3 is 2.11 bits per heavy atom. The highest BCUT2D eigenvalue weighted by Crippen LogP contribution is 2.27. The summed E-state index contributed by atoms with van der Waals surface area (Å²) in [5.74, 6) is 2.31. The predicted molar refractivity (Wildman–Crippen MR) is 172 cm³/mol. The van der Waals surface area contributed by atoms with E-state index in [1.54, 1.807) is 0 Å². The molecule has 1 saturated carbocycles. The van der Waals surface area contributed by atoms with E-state index >= 15 is 0 Å². The van der Waals surface area contributed by atoms with Crippen molar-refractivity contribution in [3.63, 3.8) is 0 Å². The van der Waals surface area contributed by atoms with Crippen LogP contribution in [0.2, 0.25) is 0 Å². The molecule has 1 saturated heterocycles. The van der Waals surface area contributed by atoms with Crippen LogP contribution in [-0.4, -0.2) is 72.4 Å². The Morgan fingerprint density at radius 2 is 1.59 bits per heavy atom. The Morgan fingerprint density at radius 1 is 0.973 bits per heavy atom. The predicted octanol–water partition coefficient (Wildman–Crippen LogP) is 8.22. The third-order valence-corrected chi connectivity index (χ3v) is 10.1. The Hall–Kier alpha value is 0.190. The fraction of sp³-hybridized carbons (Fsp3) is 1.00. The van der Waals surface area contributed by atoms with E-state index < -0.39 is 0 Å². The third-order valence-electron chi connectivity index (χ3n) is 7.92. The first-order valence-electron chi connectivity index (χ1n) is 16.1. The molecule has 2 aliphatic rings. The molecule has 224 valence electrons. The minimum Gasteiger partial charge on any atom is -0.301 e. The summed E-state index contributed by atoms with van der Waals surface area (Å²) in [5.41, 5.74) is 0.404. The number of nitrogens with one attached hydrogen (secondary N) is 2. The summed E-state index contributed by atoms with van der Waals surface area (Å²) in [6, 6.07) is 1.92. The van der Waals surface area contributed by atoms with Gasteiger partial charge in [0, 0.05) is 43.3 Å². The lowest BCUT2D eigenvalue weighted by atomic mass is 9.88. The first-order chi connectivity index (χ1) is 17.6. The van der Waals surface area contributed by atoms with Crippen LogP contribution in [0.5, 0.6) is 0 Å². The quantitative estimate of drug-likeness (QED) is 0.181. The molecule has 4 nitrogen and oxygen atoms in total. The van der Waals surface area contributed by atoms with Gasteiger partial charge in [0.1, 0.15) is 0 Å². The van der Waals surface area contributed by atoms with E-state index in [1.807, 2.05) is 13.8 Å². The van der Waals surface area contributed by atoms with E-state index in [2.05, 4.69) is 94.6 Å². The summed E-state index contributed by atoms with van der Waals surface area (Å²) in [7, 11) is 2.23. The minimum absolute atomic E-state index is 0.404. The van der Waals surface area contributed by atoms with Gasteiger partial charge < -0.3 is 5.32 Å². The van der Waals surface area contributed by atoms with Crippen molar-refractivity contribution < 1.29 is 0 Å². The van der Waals surface area contributed by atoms with Gasteiger partial charge in [0.15, 0.2) is 0 Å². The van der Waals surface area contributed by atoms with Crippen LogP contribution in [0.15, 0.2) is 0 Å². The van der Waals surface area contributed by atoms with E-state index in [0.717, 1.165) is 31.8 Å². The van der Waals surface area contributed by atoms with Crippen LogP contribution in [0, 0.1) is 11.3 Å². The topological polar surface area (TPSA) is 30.5 Å². The maximum atomic E-state index is 3.68. The van der Waals surface area contributed by atoms with Gasteiger partial charge in [-0.15, -0.1) is 0 Å². The van der Waals surface area contributed by atoms with E-state index in [1.165, 1.54) is 76.5 Å². The van der Waals surface area contributed by atoms with Gasteiger partial charge in [0.05, 0.1) is 0 Å². The second-order valence-electron chi connectivity index (χ2n) is 12.8. The SMILES string of the molecule is CC.CCC(SCC(C)(C)C)C(C)NCNCN(C)CC(C)N1CCCCC1C.CCC1CCCCC1. The molecule has 0 spiro atoms. The van der Waals surface area contributed by atoms with Crippen molar-refractivity contribution in [1.82, 2.24) is 20.4 Å². The largest absolute Gasteiger partial charge is 0.301 e. The van der Waals surface area contributed by atoms with E-state index in [-0.39, 0.29) is 0 Å². The zero-order valence-electron chi connectivity index (χ0n) is 27.3. The Kier molecular flexibility index (Phi) is 22.1. The molecule has 0 aromatic carbocycles. The van der Waals surface area contributed by atoms with Crippen LogP contribution in [-0.2, 0) is 0 Å². The average molecular weight is 543 g/mol. The number of hydrogen-bond acceptors (Lipinski definition) is 5. The molecule has 2 rings (SSSR count). The fourth-order valence-corrected chi connectivity index (χ4v) is 6.91. The van der Waals surface area contributed by atoms with E-state index in [4.69, 9.17) is 0 Å². The van der Waals surface area contributed by atoms with Crippen molar-refractivity contribution in [3.8, 4) is 0 Å². The van der Waals surface area contributed by atoms with Crippen LogP contribution in [0.3, 0.4) is 0 Å². The van der Waals surface area contributed by atoms with E-state index in [0.29, 0.717) is 22.7 Å². The van der Waals surface area contributed by atoms with Gasteiger partial charge in [-0.25, -0.2) is 0 Å². The molecular weight excluding hydrogens is 472 g/mol. The van der Waals surface area contributed by atoms with Crippen LogP contribution < -0.4 is 10.6 Å². The fourth-order valence-electron chi connectivity index (χ4n) is 5.58. The molecule has 37 heavy (non-hydrogen) atoms. The third kappa shape index (κ3) is 18.2. The summed E-state index contributed by atoms with van der Waals surface area (Å²) in [5, 5.41) is 7.94. The first-order valence-corrected chi connectivity index (χ1v) is 17.1. The van der Waals surface area contributed by atoms with E-state index in [9.17, 15) is 0 Å². The van der Waals surface area contributed by atoms with Crippen molar-refractivity contribution in [2.75, 3.05) is 39.2 Å². The van der Waals surface area contributed by atoms with Gasteiger partial charge >= 0.3 is 0 Å². The maximum Gasteiger partial charge on any atom is 0.0488 e. The molecule has 0 aromatic heterocycles. The normalized spacial score (nSPS) is 21.9. The lowest BCUT2D eigenvalue weighted by Gasteiger charge is -2.39. The van der Waals surface area contributed by atoms with Gasteiger partial charge in [-0.2, -0.15) is 11.8 Å². The number of rotatable bonds is 13. The molecule has 4 unspecified atom stereocenters. The molecule has 2 fully saturated rings. The van der Waals surface area contributed by atoms with Crippen LogP contribution in [0.1, 0.15) is 133 Å². The monoisotopic (exact) mass is 543 g/mol. The lowest BCUT2D eigenvalue weighted by molar-refractivity contribution is 0.0899. The zero-order valence-corrected chi connectivity index (χ0v) is 28.1.